The third-order valence-corrected chi connectivity index (χ3v) is 4.77. The van der Waals surface area contributed by atoms with Crippen molar-refractivity contribution in [1.29, 1.82) is 0 Å². The molecule has 0 spiro atoms. The van der Waals surface area contributed by atoms with Gasteiger partial charge in [0, 0.05) is 13.1 Å². The number of nitrogens with one attached hydrogen (secondary N) is 2. The highest BCUT2D eigenvalue weighted by molar-refractivity contribution is 7.48. The Hall–Kier alpha value is -1.58. The zero-order valence-corrected chi connectivity index (χ0v) is 14.8. The van der Waals surface area contributed by atoms with Gasteiger partial charge in [-0.1, -0.05) is 35.9 Å². The van der Waals surface area contributed by atoms with Crippen LogP contribution in [0.25, 0.3) is 0 Å². The van der Waals surface area contributed by atoms with Gasteiger partial charge in [0.05, 0.1) is 0 Å². The molecule has 0 aromatic heterocycles. The summed E-state index contributed by atoms with van der Waals surface area (Å²) in [6, 6.07) is 13.6. The smallest absolute Gasteiger partial charge is 0.255 e. The summed E-state index contributed by atoms with van der Waals surface area (Å²) in [5.41, 5.74) is 11.5. The predicted octanol–water partition coefficient (Wildman–Crippen LogP) is 3.29. The van der Waals surface area contributed by atoms with Crippen molar-refractivity contribution in [1.82, 2.24) is 10.9 Å². The van der Waals surface area contributed by atoms with Crippen LogP contribution in [0.5, 0.6) is 0 Å². The maximum Gasteiger partial charge on any atom is 0.548 e. The highest BCUT2D eigenvalue weighted by Gasteiger charge is 2.20. The molecule has 0 bridgehead atoms. The summed E-state index contributed by atoms with van der Waals surface area (Å²) in [6.45, 7) is 8.11. The minimum atomic E-state index is -1.77. The van der Waals surface area contributed by atoms with Gasteiger partial charge in [0.15, 0.2) is 0 Å². The van der Waals surface area contributed by atoms with Crippen LogP contribution in [0.3, 0.4) is 0 Å². The van der Waals surface area contributed by atoms with E-state index in [1.165, 1.54) is 22.3 Å². The number of aryl methyl sites for hydroxylation is 3. The van der Waals surface area contributed by atoms with Gasteiger partial charge in [-0.05, 0) is 54.2 Å². The van der Waals surface area contributed by atoms with Gasteiger partial charge in [-0.2, -0.15) is 0 Å². The van der Waals surface area contributed by atoms with Gasteiger partial charge in [0.2, 0.25) is 5.30 Å². The quantitative estimate of drug-likeness (QED) is 0.443. The van der Waals surface area contributed by atoms with E-state index in [2.05, 4.69) is 43.8 Å². The zero-order chi connectivity index (χ0) is 16.7. The molecule has 0 aliphatic heterocycles. The molecule has 1 unspecified atom stereocenters. The molecule has 0 heterocycles. The molecule has 2 rings (SSSR count). The van der Waals surface area contributed by atoms with Crippen LogP contribution in [0, 0.1) is 20.8 Å². The fourth-order valence-electron chi connectivity index (χ4n) is 2.53. The molecule has 4 nitrogen and oxygen atoms in total. The number of hydrazine groups is 1. The maximum atomic E-state index is 11.9. The normalized spacial score (nSPS) is 11.5. The SMILES string of the molecule is Cc1cc(C)c(CNNCCO[P+](=O)c2ccccc2)c(C)c1. The number of rotatable bonds is 8. The molecule has 0 saturated carbocycles. The van der Waals surface area contributed by atoms with Gasteiger partial charge >= 0.3 is 8.03 Å². The highest BCUT2D eigenvalue weighted by atomic mass is 31.1. The van der Waals surface area contributed by atoms with Crippen molar-refractivity contribution in [3.63, 3.8) is 0 Å². The van der Waals surface area contributed by atoms with Crippen molar-refractivity contribution in [2.45, 2.75) is 27.3 Å². The largest absolute Gasteiger partial charge is 0.548 e. The van der Waals surface area contributed by atoms with Crippen LogP contribution < -0.4 is 16.2 Å². The van der Waals surface area contributed by atoms with Crippen molar-refractivity contribution in [2.24, 2.45) is 0 Å². The molecule has 2 N–H and O–H groups in total. The van der Waals surface area contributed by atoms with E-state index in [1.807, 2.05) is 30.3 Å². The summed E-state index contributed by atoms with van der Waals surface area (Å²) < 4.78 is 17.2. The minimum absolute atomic E-state index is 0.392. The average Bonchev–Trinajstić information content (AvgIpc) is 2.53. The Labute approximate surface area is 139 Å². The molecule has 5 heteroatoms. The first kappa shape index (κ1) is 17.8. The summed E-state index contributed by atoms with van der Waals surface area (Å²) in [5, 5.41) is 0.723. The Morgan fingerprint density at radius 1 is 1.00 bits per heavy atom. The molecule has 0 fully saturated rings. The third-order valence-electron chi connectivity index (χ3n) is 3.63. The molecular weight excluding hydrogens is 307 g/mol. The van der Waals surface area contributed by atoms with E-state index in [4.69, 9.17) is 4.52 Å². The van der Waals surface area contributed by atoms with Crippen molar-refractivity contribution < 1.29 is 9.09 Å². The van der Waals surface area contributed by atoms with E-state index in [9.17, 15) is 4.57 Å². The van der Waals surface area contributed by atoms with Gasteiger partial charge in [0.1, 0.15) is 6.61 Å². The topological polar surface area (TPSA) is 50.4 Å². The van der Waals surface area contributed by atoms with Crippen LogP contribution in [0.4, 0.5) is 0 Å². The molecule has 23 heavy (non-hydrogen) atoms. The number of hydrogen-bond donors (Lipinski definition) is 2. The van der Waals surface area contributed by atoms with E-state index >= 15 is 0 Å². The standard InChI is InChI=1S/C18H24N2O2P/c1-14-11-15(2)18(16(3)12-14)13-20-19-9-10-22-23(21)17-7-5-4-6-8-17/h4-8,11-12,19-20H,9-10,13H2,1-3H3/q+1. The molecule has 0 radical (unpaired) electrons. The lowest BCUT2D eigenvalue weighted by Crippen LogP contribution is -2.34. The van der Waals surface area contributed by atoms with E-state index in [0.29, 0.717) is 13.2 Å². The van der Waals surface area contributed by atoms with Crippen LogP contribution in [-0.4, -0.2) is 13.2 Å². The van der Waals surface area contributed by atoms with Gasteiger partial charge in [-0.3, -0.25) is 10.9 Å². The predicted molar refractivity (Wildman–Crippen MR) is 95.1 cm³/mol. The lowest BCUT2D eigenvalue weighted by molar-refractivity contribution is 0.319. The lowest BCUT2D eigenvalue weighted by atomic mass is 10.00. The second-order valence-corrected chi connectivity index (χ2v) is 6.87. The van der Waals surface area contributed by atoms with Crippen LogP contribution in [0.2, 0.25) is 0 Å². The van der Waals surface area contributed by atoms with E-state index in [-0.39, 0.29) is 0 Å². The van der Waals surface area contributed by atoms with Crippen molar-refractivity contribution in [3.8, 4) is 0 Å². The molecule has 0 aliphatic rings. The fourth-order valence-corrected chi connectivity index (χ4v) is 3.35. The molecule has 2 aromatic carbocycles. The first-order chi connectivity index (χ1) is 11.1. The summed E-state index contributed by atoms with van der Waals surface area (Å²) >= 11 is 0. The Morgan fingerprint density at radius 3 is 2.30 bits per heavy atom. The van der Waals surface area contributed by atoms with Crippen molar-refractivity contribution in [3.05, 3.63) is 64.7 Å². The van der Waals surface area contributed by atoms with Crippen LogP contribution in [-0.2, 0) is 15.6 Å². The van der Waals surface area contributed by atoms with E-state index in [1.54, 1.807) is 0 Å². The van der Waals surface area contributed by atoms with E-state index in [0.717, 1.165) is 11.8 Å². The average molecular weight is 331 g/mol. The first-order valence-electron chi connectivity index (χ1n) is 7.75. The molecule has 2 aromatic rings. The molecule has 0 aliphatic carbocycles. The van der Waals surface area contributed by atoms with Gasteiger partial charge in [0.25, 0.3) is 0 Å². The zero-order valence-electron chi connectivity index (χ0n) is 13.9. The molecule has 1 atom stereocenters. The number of benzene rings is 2. The Morgan fingerprint density at radius 2 is 1.65 bits per heavy atom. The molecule has 0 amide bonds. The first-order valence-corrected chi connectivity index (χ1v) is 8.93. The van der Waals surface area contributed by atoms with Crippen molar-refractivity contribution >= 4 is 13.3 Å². The summed E-state index contributed by atoms with van der Waals surface area (Å²) in [6.07, 6.45) is 0. The summed E-state index contributed by atoms with van der Waals surface area (Å²) in [4.78, 5) is 0. The van der Waals surface area contributed by atoms with Gasteiger partial charge in [-0.25, -0.2) is 0 Å². The third kappa shape index (κ3) is 5.52. The molecular formula is C18H24N2O2P+. The Bertz CT molecular complexity index is 636. The highest BCUT2D eigenvalue weighted by Crippen LogP contribution is 2.20. The number of hydrogen-bond acceptors (Lipinski definition) is 4. The maximum absolute atomic E-state index is 11.9. The Kier molecular flexibility index (Phi) is 6.87. The Balaban J connectivity index is 1.68. The minimum Gasteiger partial charge on any atom is -0.255 e. The monoisotopic (exact) mass is 331 g/mol. The van der Waals surface area contributed by atoms with Crippen LogP contribution in [0.1, 0.15) is 22.3 Å². The molecule has 0 saturated heterocycles. The second-order valence-electron chi connectivity index (χ2n) is 5.58. The summed E-state index contributed by atoms with van der Waals surface area (Å²) in [5.74, 6) is 0. The van der Waals surface area contributed by atoms with Crippen LogP contribution >= 0.6 is 8.03 Å². The van der Waals surface area contributed by atoms with Crippen molar-refractivity contribution in [2.75, 3.05) is 13.2 Å². The fraction of sp³-hybridized carbons (Fsp3) is 0.333. The lowest BCUT2D eigenvalue weighted by Gasteiger charge is -2.12. The van der Waals surface area contributed by atoms with E-state index < -0.39 is 8.03 Å². The molecule has 122 valence electrons. The summed E-state index contributed by atoms with van der Waals surface area (Å²) in [7, 11) is -1.77. The second kappa shape index (κ2) is 8.90. The van der Waals surface area contributed by atoms with Gasteiger partial charge < -0.3 is 0 Å². The van der Waals surface area contributed by atoms with Crippen LogP contribution in [0.15, 0.2) is 42.5 Å². The van der Waals surface area contributed by atoms with Gasteiger partial charge in [-0.15, -0.1) is 4.52 Å².